The van der Waals surface area contributed by atoms with Gasteiger partial charge in [0, 0.05) is 20.2 Å². The lowest BCUT2D eigenvalue weighted by molar-refractivity contribution is 0.0601. The minimum absolute atomic E-state index is 0.343. The molecule has 19 heavy (non-hydrogen) atoms. The van der Waals surface area contributed by atoms with Crippen LogP contribution in [0, 0.1) is 0 Å². The number of carbonyl (C=O) groups is 1. The van der Waals surface area contributed by atoms with Gasteiger partial charge < -0.3 is 14.8 Å². The van der Waals surface area contributed by atoms with E-state index in [9.17, 15) is 4.79 Å². The van der Waals surface area contributed by atoms with Gasteiger partial charge in [-0.25, -0.2) is 4.79 Å². The van der Waals surface area contributed by atoms with Crippen LogP contribution in [0.5, 0.6) is 0 Å². The molecule has 0 aliphatic carbocycles. The fraction of sp³-hybridized carbons (Fsp3) is 0.0833. The van der Waals surface area contributed by atoms with Gasteiger partial charge in [-0.1, -0.05) is 23.7 Å². The van der Waals surface area contributed by atoms with E-state index in [0.717, 1.165) is 4.88 Å². The van der Waals surface area contributed by atoms with Crippen molar-refractivity contribution in [3.63, 3.8) is 0 Å². The maximum atomic E-state index is 11.7. The van der Waals surface area contributed by atoms with E-state index in [1.807, 2.05) is 0 Å². The summed E-state index contributed by atoms with van der Waals surface area (Å²) in [6.45, 7) is 0. The number of benzene rings is 1. The second kappa shape index (κ2) is 5.75. The van der Waals surface area contributed by atoms with Gasteiger partial charge in [0.05, 0.1) is 12.7 Å². The van der Waals surface area contributed by atoms with Gasteiger partial charge in [0.1, 0.15) is 0 Å². The van der Waals surface area contributed by atoms with Crippen molar-refractivity contribution in [1.29, 1.82) is 0 Å². The summed E-state index contributed by atoms with van der Waals surface area (Å²) in [5.74, 6) is -0.489. The molecule has 0 amide bonds. The van der Waals surface area contributed by atoms with Crippen LogP contribution in [0.15, 0.2) is 30.3 Å². The molecule has 98 valence electrons. The summed E-state index contributed by atoms with van der Waals surface area (Å²) in [5, 5.41) is 18.6. The van der Waals surface area contributed by atoms with Gasteiger partial charge >= 0.3 is 13.1 Å². The number of halogens is 1. The summed E-state index contributed by atoms with van der Waals surface area (Å²) in [6, 6.07) is 8.21. The SMILES string of the molecule is COC(=O)c1cc(Cl)ccc1-c1ccc(B(O)O)s1. The number of carbonyl (C=O) groups excluding carboxylic acids is 1. The standard InChI is InChI=1S/C12H10BClO4S/c1-18-12(15)9-6-7(14)2-3-8(9)10-4-5-11(19-10)13(16)17/h2-6,16-17H,1H3. The Morgan fingerprint density at radius 3 is 2.63 bits per heavy atom. The first-order valence-corrected chi connectivity index (χ1v) is 6.56. The third-order valence-corrected chi connectivity index (χ3v) is 3.93. The van der Waals surface area contributed by atoms with Gasteiger partial charge in [-0.15, -0.1) is 11.3 Å². The molecule has 2 N–H and O–H groups in total. The molecule has 0 fully saturated rings. The Balaban J connectivity index is 2.51. The molecule has 2 aromatic rings. The Labute approximate surface area is 119 Å². The van der Waals surface area contributed by atoms with Crippen LogP contribution in [0.25, 0.3) is 10.4 Å². The van der Waals surface area contributed by atoms with E-state index in [1.165, 1.54) is 24.5 Å². The minimum atomic E-state index is -1.52. The molecule has 4 nitrogen and oxygen atoms in total. The van der Waals surface area contributed by atoms with Crippen LogP contribution in [0.4, 0.5) is 0 Å². The molecule has 0 aliphatic rings. The summed E-state index contributed by atoms with van der Waals surface area (Å²) in [7, 11) is -0.225. The highest BCUT2D eigenvalue weighted by atomic mass is 35.5. The van der Waals surface area contributed by atoms with Gasteiger partial charge in [-0.2, -0.15) is 0 Å². The lowest BCUT2D eigenvalue weighted by Crippen LogP contribution is -2.26. The largest absolute Gasteiger partial charge is 0.499 e. The predicted octanol–water partition coefficient (Wildman–Crippen LogP) is 1.53. The quantitative estimate of drug-likeness (QED) is 0.666. The maximum Gasteiger partial charge on any atom is 0.499 e. The summed E-state index contributed by atoms with van der Waals surface area (Å²) in [5.41, 5.74) is 0.990. The van der Waals surface area contributed by atoms with Gasteiger partial charge in [0.2, 0.25) is 0 Å². The number of esters is 1. The highest BCUT2D eigenvalue weighted by Crippen LogP contribution is 2.29. The Hall–Kier alpha value is -1.34. The first-order valence-electron chi connectivity index (χ1n) is 5.37. The zero-order valence-electron chi connectivity index (χ0n) is 9.96. The lowest BCUT2D eigenvalue weighted by Gasteiger charge is -2.06. The van der Waals surface area contributed by atoms with Crippen LogP contribution >= 0.6 is 22.9 Å². The molecule has 0 saturated heterocycles. The second-order valence-electron chi connectivity index (χ2n) is 3.76. The molecule has 0 radical (unpaired) electrons. The number of ether oxygens (including phenoxy) is 1. The zero-order chi connectivity index (χ0) is 14.0. The van der Waals surface area contributed by atoms with E-state index >= 15 is 0 Å². The van der Waals surface area contributed by atoms with Crippen molar-refractivity contribution < 1.29 is 19.6 Å². The van der Waals surface area contributed by atoms with Crippen LogP contribution in [-0.2, 0) is 4.74 Å². The van der Waals surface area contributed by atoms with Crippen molar-refractivity contribution in [2.45, 2.75) is 0 Å². The molecular formula is C12H10BClO4S. The highest BCUT2D eigenvalue weighted by molar-refractivity contribution is 7.24. The fourth-order valence-electron chi connectivity index (χ4n) is 1.65. The average Bonchev–Trinajstić information content (AvgIpc) is 2.87. The highest BCUT2D eigenvalue weighted by Gasteiger charge is 2.18. The monoisotopic (exact) mass is 296 g/mol. The first kappa shape index (κ1) is 14.1. The van der Waals surface area contributed by atoms with Crippen molar-refractivity contribution in [2.75, 3.05) is 7.11 Å². The van der Waals surface area contributed by atoms with Gasteiger partial charge in [0.15, 0.2) is 0 Å². The predicted molar refractivity (Wildman–Crippen MR) is 75.9 cm³/mol. The number of rotatable bonds is 3. The van der Waals surface area contributed by atoms with Gasteiger partial charge in [-0.3, -0.25) is 0 Å². The third kappa shape index (κ3) is 2.98. The van der Waals surface area contributed by atoms with Crippen molar-refractivity contribution in [2.24, 2.45) is 0 Å². The maximum absolute atomic E-state index is 11.7. The number of thiophene rings is 1. The molecule has 0 aliphatic heterocycles. The van der Waals surface area contributed by atoms with Crippen molar-refractivity contribution in [3.8, 4) is 10.4 Å². The van der Waals surface area contributed by atoms with E-state index in [4.69, 9.17) is 26.4 Å². The summed E-state index contributed by atoms with van der Waals surface area (Å²) in [4.78, 5) is 12.5. The van der Waals surface area contributed by atoms with E-state index in [0.29, 0.717) is 20.9 Å². The average molecular weight is 297 g/mol. The van der Waals surface area contributed by atoms with Crippen LogP contribution in [0.3, 0.4) is 0 Å². The Bertz CT molecular complexity index is 612. The summed E-state index contributed by atoms with van der Waals surface area (Å²) < 4.78 is 5.12. The fourth-order valence-corrected chi connectivity index (χ4v) is 2.74. The number of hydrogen-bond acceptors (Lipinski definition) is 5. The molecule has 0 bridgehead atoms. The Kier molecular flexibility index (Phi) is 4.26. The first-order chi connectivity index (χ1) is 9.02. The van der Waals surface area contributed by atoms with Gasteiger partial charge in [-0.05, 0) is 18.2 Å². The second-order valence-corrected chi connectivity index (χ2v) is 5.31. The van der Waals surface area contributed by atoms with Crippen LogP contribution < -0.4 is 4.78 Å². The molecule has 2 rings (SSSR count). The molecule has 0 spiro atoms. The summed E-state index contributed by atoms with van der Waals surface area (Å²) >= 11 is 7.07. The molecule has 0 unspecified atom stereocenters. The molecule has 1 aromatic carbocycles. The summed E-state index contributed by atoms with van der Waals surface area (Å²) in [6.07, 6.45) is 0. The number of hydrogen-bond donors (Lipinski definition) is 2. The zero-order valence-corrected chi connectivity index (χ0v) is 11.5. The van der Waals surface area contributed by atoms with Crippen molar-refractivity contribution >= 4 is 40.8 Å². The van der Waals surface area contributed by atoms with Crippen LogP contribution in [-0.4, -0.2) is 30.2 Å². The van der Waals surface area contributed by atoms with Crippen LogP contribution in [0.1, 0.15) is 10.4 Å². The Morgan fingerprint density at radius 1 is 1.32 bits per heavy atom. The van der Waals surface area contributed by atoms with E-state index in [-0.39, 0.29) is 0 Å². The normalized spacial score (nSPS) is 10.3. The lowest BCUT2D eigenvalue weighted by atomic mass is 9.90. The molecule has 0 saturated carbocycles. The minimum Gasteiger partial charge on any atom is -0.465 e. The molecule has 1 heterocycles. The van der Waals surface area contributed by atoms with E-state index in [2.05, 4.69) is 0 Å². The smallest absolute Gasteiger partial charge is 0.465 e. The Morgan fingerprint density at radius 2 is 2.05 bits per heavy atom. The van der Waals surface area contributed by atoms with E-state index in [1.54, 1.807) is 24.3 Å². The van der Waals surface area contributed by atoms with Crippen molar-refractivity contribution in [3.05, 3.63) is 40.9 Å². The van der Waals surface area contributed by atoms with Gasteiger partial charge in [0.25, 0.3) is 0 Å². The molecule has 7 heteroatoms. The molecular weight excluding hydrogens is 286 g/mol. The van der Waals surface area contributed by atoms with Crippen LogP contribution in [0.2, 0.25) is 5.02 Å². The third-order valence-electron chi connectivity index (χ3n) is 2.53. The molecule has 1 aromatic heterocycles. The topological polar surface area (TPSA) is 66.8 Å². The molecule has 0 atom stereocenters. The van der Waals surface area contributed by atoms with Crippen molar-refractivity contribution in [1.82, 2.24) is 0 Å². The number of methoxy groups -OCH3 is 1. The van der Waals surface area contributed by atoms with E-state index < -0.39 is 13.1 Å².